The zero-order valence-electron chi connectivity index (χ0n) is 14.4. The van der Waals surface area contributed by atoms with Crippen LogP contribution in [-0.2, 0) is 22.2 Å². The highest BCUT2D eigenvalue weighted by molar-refractivity contribution is 7.13. The van der Waals surface area contributed by atoms with Crippen molar-refractivity contribution in [1.82, 2.24) is 4.98 Å². The van der Waals surface area contributed by atoms with Crippen LogP contribution in [0, 0.1) is 5.41 Å². The van der Waals surface area contributed by atoms with Gasteiger partial charge in [0.25, 0.3) is 0 Å². The number of thiazole rings is 1. The third-order valence-electron chi connectivity index (χ3n) is 3.30. The first-order valence-electron chi connectivity index (χ1n) is 7.69. The molecule has 0 bridgehead atoms. The lowest BCUT2D eigenvalue weighted by Gasteiger charge is -2.15. The van der Waals surface area contributed by atoms with Crippen LogP contribution in [0.25, 0.3) is 0 Å². The maximum absolute atomic E-state index is 12.9. The first-order valence-corrected chi connectivity index (χ1v) is 8.57. The Hall–Kier alpha value is -2.42. The predicted octanol–water partition coefficient (Wildman–Crippen LogP) is 4.33. The van der Waals surface area contributed by atoms with Gasteiger partial charge in [0.05, 0.1) is 23.4 Å². The lowest BCUT2D eigenvalue weighted by Crippen LogP contribution is -2.27. The predicted molar refractivity (Wildman–Crippen MR) is 94.0 cm³/mol. The number of carbonyl (C=O) groups is 2. The van der Waals surface area contributed by atoms with E-state index in [4.69, 9.17) is 0 Å². The molecule has 0 aliphatic rings. The van der Waals surface area contributed by atoms with Gasteiger partial charge in [-0.05, 0) is 12.1 Å². The van der Waals surface area contributed by atoms with Crippen molar-refractivity contribution in [1.29, 1.82) is 0 Å². The van der Waals surface area contributed by atoms with Crippen molar-refractivity contribution >= 4 is 34.0 Å². The maximum atomic E-state index is 12.9. The monoisotopic (exact) mass is 385 g/mol. The van der Waals surface area contributed by atoms with Gasteiger partial charge in [0.15, 0.2) is 5.13 Å². The van der Waals surface area contributed by atoms with Crippen LogP contribution in [-0.4, -0.2) is 16.8 Å². The van der Waals surface area contributed by atoms with E-state index in [1.807, 2.05) is 0 Å². The van der Waals surface area contributed by atoms with Crippen LogP contribution in [0.4, 0.5) is 24.0 Å². The summed E-state index contributed by atoms with van der Waals surface area (Å²) in [5, 5.41) is 6.81. The summed E-state index contributed by atoms with van der Waals surface area (Å²) >= 11 is 1.15. The van der Waals surface area contributed by atoms with Gasteiger partial charge in [0.2, 0.25) is 11.8 Å². The molecule has 140 valence electrons. The van der Waals surface area contributed by atoms with Crippen LogP contribution in [0.2, 0.25) is 0 Å². The summed E-state index contributed by atoms with van der Waals surface area (Å²) in [6.45, 7) is 5.26. The third kappa shape index (κ3) is 5.29. The molecule has 0 atom stereocenters. The molecule has 0 saturated heterocycles. The van der Waals surface area contributed by atoms with E-state index in [0.29, 0.717) is 10.8 Å². The Morgan fingerprint density at radius 3 is 2.38 bits per heavy atom. The number of nitrogens with one attached hydrogen (secondary N) is 2. The number of anilines is 2. The minimum atomic E-state index is -4.56. The first kappa shape index (κ1) is 19.9. The summed E-state index contributed by atoms with van der Waals surface area (Å²) in [5.74, 6) is -0.845. The van der Waals surface area contributed by atoms with Gasteiger partial charge in [-0.25, -0.2) is 4.98 Å². The van der Waals surface area contributed by atoms with E-state index in [1.54, 1.807) is 26.2 Å². The second-order valence-corrected chi connectivity index (χ2v) is 7.47. The standard InChI is InChI=1S/C17H18F3N3O2S/c1-16(2,3)14(25)23-15-21-10(9-26-15)8-13(24)22-12-7-5-4-6-11(12)17(18,19)20/h4-7,9H,8H2,1-3H3,(H,22,24)(H,21,23,25). The van der Waals surface area contributed by atoms with E-state index in [-0.39, 0.29) is 18.0 Å². The molecule has 2 amide bonds. The van der Waals surface area contributed by atoms with Crippen LogP contribution in [0.5, 0.6) is 0 Å². The van der Waals surface area contributed by atoms with Crippen molar-refractivity contribution in [2.75, 3.05) is 10.6 Å². The number of para-hydroxylation sites is 1. The lowest BCUT2D eigenvalue weighted by atomic mass is 9.96. The Balaban J connectivity index is 2.03. The molecule has 0 fully saturated rings. The molecule has 2 aromatic rings. The fourth-order valence-electron chi connectivity index (χ4n) is 1.93. The topological polar surface area (TPSA) is 71.1 Å². The number of nitrogens with zero attached hydrogens (tertiary/aromatic N) is 1. The van der Waals surface area contributed by atoms with E-state index >= 15 is 0 Å². The van der Waals surface area contributed by atoms with Crippen molar-refractivity contribution in [2.24, 2.45) is 5.41 Å². The van der Waals surface area contributed by atoms with Crippen LogP contribution in [0.15, 0.2) is 29.6 Å². The van der Waals surface area contributed by atoms with Crippen LogP contribution in [0.1, 0.15) is 32.0 Å². The summed E-state index contributed by atoms with van der Waals surface area (Å²) in [4.78, 5) is 28.1. The molecule has 0 aliphatic heterocycles. The summed E-state index contributed by atoms with van der Waals surface area (Å²) in [5.41, 5.74) is -1.45. The molecule has 0 radical (unpaired) electrons. The highest BCUT2D eigenvalue weighted by Crippen LogP contribution is 2.34. The molecule has 2 N–H and O–H groups in total. The summed E-state index contributed by atoms with van der Waals surface area (Å²) in [6.07, 6.45) is -4.76. The average Bonchev–Trinajstić information content (AvgIpc) is 2.92. The lowest BCUT2D eigenvalue weighted by molar-refractivity contribution is -0.137. The molecular weight excluding hydrogens is 367 g/mol. The number of carbonyl (C=O) groups excluding carboxylic acids is 2. The Bertz CT molecular complexity index is 810. The van der Waals surface area contributed by atoms with Crippen molar-refractivity contribution in [2.45, 2.75) is 33.4 Å². The van der Waals surface area contributed by atoms with Crippen molar-refractivity contribution < 1.29 is 22.8 Å². The first-order chi connectivity index (χ1) is 12.0. The largest absolute Gasteiger partial charge is 0.418 e. The molecule has 0 spiro atoms. The highest BCUT2D eigenvalue weighted by Gasteiger charge is 2.33. The van der Waals surface area contributed by atoms with E-state index in [0.717, 1.165) is 17.4 Å². The zero-order valence-corrected chi connectivity index (χ0v) is 15.2. The van der Waals surface area contributed by atoms with Gasteiger partial charge < -0.3 is 10.6 Å². The second kappa shape index (κ2) is 7.45. The normalized spacial score (nSPS) is 11.9. The molecule has 1 aromatic heterocycles. The van der Waals surface area contributed by atoms with Crippen molar-refractivity contribution in [3.05, 3.63) is 40.9 Å². The number of halogens is 3. The maximum Gasteiger partial charge on any atom is 0.418 e. The fraction of sp³-hybridized carbons (Fsp3) is 0.353. The average molecular weight is 385 g/mol. The number of benzene rings is 1. The zero-order chi connectivity index (χ0) is 19.5. The van der Waals surface area contributed by atoms with Gasteiger partial charge >= 0.3 is 6.18 Å². The molecule has 0 unspecified atom stereocenters. The van der Waals surface area contributed by atoms with Gasteiger partial charge in [-0.15, -0.1) is 11.3 Å². The Morgan fingerprint density at radius 2 is 1.77 bits per heavy atom. The molecule has 0 aliphatic carbocycles. The Kier molecular flexibility index (Phi) is 5.70. The quantitative estimate of drug-likeness (QED) is 0.823. The van der Waals surface area contributed by atoms with E-state index in [9.17, 15) is 22.8 Å². The molecule has 1 aromatic carbocycles. The van der Waals surface area contributed by atoms with Gasteiger partial charge in [-0.3, -0.25) is 9.59 Å². The summed E-state index contributed by atoms with van der Waals surface area (Å²) < 4.78 is 38.8. The number of alkyl halides is 3. The van der Waals surface area contributed by atoms with Crippen LogP contribution >= 0.6 is 11.3 Å². The smallest absolute Gasteiger partial charge is 0.325 e. The van der Waals surface area contributed by atoms with Crippen molar-refractivity contribution in [3.63, 3.8) is 0 Å². The van der Waals surface area contributed by atoms with Crippen LogP contribution in [0.3, 0.4) is 0 Å². The summed E-state index contributed by atoms with van der Waals surface area (Å²) in [6, 6.07) is 4.76. The van der Waals surface area contributed by atoms with Crippen molar-refractivity contribution in [3.8, 4) is 0 Å². The number of hydrogen-bond donors (Lipinski definition) is 2. The third-order valence-corrected chi connectivity index (χ3v) is 4.11. The molecule has 5 nitrogen and oxygen atoms in total. The van der Waals surface area contributed by atoms with E-state index in [1.165, 1.54) is 18.2 Å². The minimum Gasteiger partial charge on any atom is -0.325 e. The summed E-state index contributed by atoms with van der Waals surface area (Å²) in [7, 11) is 0. The SMILES string of the molecule is CC(C)(C)C(=O)Nc1nc(CC(=O)Nc2ccccc2C(F)(F)F)cs1. The Labute approximate surface area is 152 Å². The highest BCUT2D eigenvalue weighted by atomic mass is 32.1. The van der Waals surface area contributed by atoms with Gasteiger partial charge in [-0.2, -0.15) is 13.2 Å². The molecule has 1 heterocycles. The molecule has 26 heavy (non-hydrogen) atoms. The number of amides is 2. The van der Waals surface area contributed by atoms with Gasteiger partial charge in [-0.1, -0.05) is 32.9 Å². The van der Waals surface area contributed by atoms with E-state index in [2.05, 4.69) is 15.6 Å². The fourth-order valence-corrected chi connectivity index (χ4v) is 2.63. The number of aromatic nitrogens is 1. The number of hydrogen-bond acceptors (Lipinski definition) is 4. The molecule has 0 saturated carbocycles. The molecule has 2 rings (SSSR count). The molecular formula is C17H18F3N3O2S. The number of rotatable bonds is 4. The van der Waals surface area contributed by atoms with Gasteiger partial charge in [0, 0.05) is 10.8 Å². The second-order valence-electron chi connectivity index (χ2n) is 6.62. The van der Waals surface area contributed by atoms with Gasteiger partial charge in [0.1, 0.15) is 0 Å². The minimum absolute atomic E-state index is 0.200. The molecule has 9 heteroatoms. The van der Waals surface area contributed by atoms with Crippen LogP contribution < -0.4 is 10.6 Å². The van der Waals surface area contributed by atoms with E-state index < -0.39 is 23.1 Å². The Morgan fingerprint density at radius 1 is 1.12 bits per heavy atom.